The first-order chi connectivity index (χ1) is 4.22. The molecule has 0 unspecified atom stereocenters. The zero-order chi connectivity index (χ0) is 7.28. The van der Waals surface area contributed by atoms with Crippen molar-refractivity contribution in [3.8, 4) is 0 Å². The zero-order valence-corrected chi connectivity index (χ0v) is 5.59. The van der Waals surface area contributed by atoms with Crippen molar-refractivity contribution in [1.29, 1.82) is 0 Å². The molecule has 3 heteroatoms. The molecule has 0 aromatic rings. The number of aliphatic imine (C=N–C) groups is 1. The van der Waals surface area contributed by atoms with E-state index in [9.17, 15) is 4.79 Å². The molecule has 0 aromatic carbocycles. The van der Waals surface area contributed by atoms with Gasteiger partial charge in [0.05, 0.1) is 5.57 Å². The second-order valence-electron chi connectivity index (χ2n) is 1.57. The second kappa shape index (κ2) is 3.83. The van der Waals surface area contributed by atoms with Crippen LogP contribution in [0.2, 0.25) is 0 Å². The van der Waals surface area contributed by atoms with Gasteiger partial charge in [-0.3, -0.25) is 9.79 Å². The summed E-state index contributed by atoms with van der Waals surface area (Å²) in [5.41, 5.74) is 5.53. The maximum absolute atomic E-state index is 10.5. The molecule has 9 heavy (non-hydrogen) atoms. The van der Waals surface area contributed by atoms with Crippen LogP contribution in [0.25, 0.3) is 0 Å². The van der Waals surface area contributed by atoms with Crippen LogP contribution >= 0.6 is 0 Å². The topological polar surface area (TPSA) is 55.4 Å². The minimum absolute atomic E-state index is 0.0666. The Morgan fingerprint density at radius 1 is 1.67 bits per heavy atom. The first-order valence-electron chi connectivity index (χ1n) is 2.57. The Labute approximate surface area is 54.3 Å². The quantitative estimate of drug-likeness (QED) is 0.422. The van der Waals surface area contributed by atoms with E-state index in [0.29, 0.717) is 5.57 Å². The van der Waals surface area contributed by atoms with E-state index in [-0.39, 0.29) is 5.78 Å². The number of nitrogens with two attached hydrogens (primary N) is 1. The van der Waals surface area contributed by atoms with Gasteiger partial charge >= 0.3 is 0 Å². The molecule has 0 radical (unpaired) electrons. The molecule has 0 saturated carbocycles. The van der Waals surface area contributed by atoms with Crippen LogP contribution in [0.3, 0.4) is 0 Å². The van der Waals surface area contributed by atoms with Gasteiger partial charge in [-0.25, -0.2) is 0 Å². The highest BCUT2D eigenvalue weighted by atomic mass is 16.1. The number of nitrogens with zero attached hydrogens (tertiary/aromatic N) is 1. The van der Waals surface area contributed by atoms with Gasteiger partial charge in [0.25, 0.3) is 0 Å². The Kier molecular flexibility index (Phi) is 3.35. The molecule has 0 aliphatic rings. The molecule has 0 aromatic heterocycles. The fourth-order valence-corrected chi connectivity index (χ4v) is 0.390. The molecule has 0 rings (SSSR count). The summed E-state index contributed by atoms with van der Waals surface area (Å²) >= 11 is 0. The minimum Gasteiger partial charge on any atom is -0.404 e. The van der Waals surface area contributed by atoms with Gasteiger partial charge in [0.2, 0.25) is 0 Å². The molecule has 0 spiro atoms. The third-order valence-electron chi connectivity index (χ3n) is 0.854. The molecule has 0 amide bonds. The average Bonchev–Trinajstić information content (AvgIpc) is 1.82. The van der Waals surface area contributed by atoms with E-state index in [0.717, 1.165) is 0 Å². The Hall–Kier alpha value is -1.12. The highest BCUT2D eigenvalue weighted by Gasteiger charge is 1.95. The monoisotopic (exact) mass is 126 g/mol. The lowest BCUT2D eigenvalue weighted by Gasteiger charge is -1.88. The van der Waals surface area contributed by atoms with Crippen molar-refractivity contribution in [3.05, 3.63) is 11.8 Å². The number of carbonyl (C=O) groups excluding carboxylic acids is 1. The van der Waals surface area contributed by atoms with Crippen molar-refractivity contribution < 1.29 is 4.79 Å². The van der Waals surface area contributed by atoms with Crippen LogP contribution in [0.1, 0.15) is 6.92 Å². The normalized spacial score (nSPS) is 12.4. The standard InChI is InChI=1S/C6H10N2O/c1-5(9)6(3-7)4-8-2/h3-4H,7H2,1-2H3. The number of Topliss-reactive ketones (excluding diaryl/α,β-unsaturated/α-hetero) is 1. The lowest BCUT2D eigenvalue weighted by atomic mass is 10.2. The predicted molar refractivity (Wildman–Crippen MR) is 37.4 cm³/mol. The number of hydrogen-bond acceptors (Lipinski definition) is 3. The Morgan fingerprint density at radius 3 is 2.33 bits per heavy atom. The van der Waals surface area contributed by atoms with Crippen LogP contribution in [-0.4, -0.2) is 19.0 Å². The van der Waals surface area contributed by atoms with Crippen LogP contribution in [0, 0.1) is 0 Å². The van der Waals surface area contributed by atoms with Gasteiger partial charge in [-0.1, -0.05) is 0 Å². The first-order valence-corrected chi connectivity index (χ1v) is 2.57. The van der Waals surface area contributed by atoms with E-state index >= 15 is 0 Å². The molecule has 0 heterocycles. The first kappa shape index (κ1) is 7.88. The number of allylic oxidation sites excluding steroid dienone is 1. The van der Waals surface area contributed by atoms with E-state index in [2.05, 4.69) is 4.99 Å². The van der Waals surface area contributed by atoms with Crippen LogP contribution in [0.4, 0.5) is 0 Å². The van der Waals surface area contributed by atoms with Crippen molar-refractivity contribution >= 4 is 12.0 Å². The van der Waals surface area contributed by atoms with Crippen molar-refractivity contribution in [3.63, 3.8) is 0 Å². The lowest BCUT2D eigenvalue weighted by molar-refractivity contribution is -0.113. The van der Waals surface area contributed by atoms with Crippen molar-refractivity contribution in [1.82, 2.24) is 0 Å². The number of carbonyl (C=O) groups is 1. The van der Waals surface area contributed by atoms with Gasteiger partial charge in [-0.05, 0) is 6.92 Å². The number of ketones is 1. The summed E-state index contributed by atoms with van der Waals surface area (Å²) < 4.78 is 0. The Bertz CT molecular complexity index is 158. The van der Waals surface area contributed by atoms with Gasteiger partial charge in [-0.15, -0.1) is 0 Å². The predicted octanol–water partition coefficient (Wildman–Crippen LogP) is 0.119. The summed E-state index contributed by atoms with van der Waals surface area (Å²) in [6.07, 6.45) is 2.68. The van der Waals surface area contributed by atoms with Gasteiger partial charge in [0.15, 0.2) is 5.78 Å². The molecular weight excluding hydrogens is 116 g/mol. The summed E-state index contributed by atoms with van der Waals surface area (Å²) in [7, 11) is 1.59. The van der Waals surface area contributed by atoms with Gasteiger partial charge in [0.1, 0.15) is 0 Å². The summed E-state index contributed by atoms with van der Waals surface area (Å²) in [5.74, 6) is -0.0666. The maximum atomic E-state index is 10.5. The number of hydrogen-bond donors (Lipinski definition) is 1. The molecule has 2 N–H and O–H groups in total. The van der Waals surface area contributed by atoms with E-state index in [1.54, 1.807) is 7.05 Å². The molecule has 0 bridgehead atoms. The molecule has 0 aliphatic carbocycles. The second-order valence-corrected chi connectivity index (χ2v) is 1.57. The molecule has 50 valence electrons. The fourth-order valence-electron chi connectivity index (χ4n) is 0.390. The SMILES string of the molecule is CN=CC(=CN)C(C)=O. The largest absolute Gasteiger partial charge is 0.404 e. The van der Waals surface area contributed by atoms with Gasteiger partial charge in [-0.2, -0.15) is 0 Å². The smallest absolute Gasteiger partial charge is 0.162 e. The summed E-state index contributed by atoms with van der Waals surface area (Å²) in [4.78, 5) is 14.2. The van der Waals surface area contributed by atoms with Crippen molar-refractivity contribution in [2.24, 2.45) is 10.7 Å². The van der Waals surface area contributed by atoms with E-state index in [1.807, 2.05) is 0 Å². The van der Waals surface area contributed by atoms with Crippen LogP contribution in [0.5, 0.6) is 0 Å². The third kappa shape index (κ3) is 2.64. The van der Waals surface area contributed by atoms with Crippen LogP contribution in [-0.2, 0) is 4.79 Å². The van der Waals surface area contributed by atoms with Crippen molar-refractivity contribution in [2.75, 3.05) is 7.05 Å². The fraction of sp³-hybridized carbons (Fsp3) is 0.333. The summed E-state index contributed by atoms with van der Waals surface area (Å²) in [6, 6.07) is 0. The third-order valence-corrected chi connectivity index (χ3v) is 0.854. The molecule has 3 nitrogen and oxygen atoms in total. The number of rotatable bonds is 2. The highest BCUT2D eigenvalue weighted by molar-refractivity contribution is 6.11. The van der Waals surface area contributed by atoms with E-state index in [1.165, 1.54) is 19.3 Å². The van der Waals surface area contributed by atoms with E-state index in [4.69, 9.17) is 5.73 Å². The summed E-state index contributed by atoms with van der Waals surface area (Å²) in [5, 5.41) is 0. The molecular formula is C6H10N2O. The van der Waals surface area contributed by atoms with E-state index < -0.39 is 0 Å². The van der Waals surface area contributed by atoms with Crippen molar-refractivity contribution in [2.45, 2.75) is 6.92 Å². The summed E-state index contributed by atoms with van der Waals surface area (Å²) in [6.45, 7) is 1.44. The molecule has 0 saturated heterocycles. The van der Waals surface area contributed by atoms with Gasteiger partial charge < -0.3 is 5.73 Å². The van der Waals surface area contributed by atoms with Crippen LogP contribution < -0.4 is 5.73 Å². The van der Waals surface area contributed by atoms with Gasteiger partial charge in [0, 0.05) is 19.5 Å². The highest BCUT2D eigenvalue weighted by Crippen LogP contribution is 1.87. The van der Waals surface area contributed by atoms with Crippen LogP contribution in [0.15, 0.2) is 16.8 Å². The molecule has 0 atom stereocenters. The molecule has 0 fully saturated rings. The minimum atomic E-state index is -0.0666. The Morgan fingerprint density at radius 2 is 2.22 bits per heavy atom. The zero-order valence-electron chi connectivity index (χ0n) is 5.59. The average molecular weight is 126 g/mol. The maximum Gasteiger partial charge on any atom is 0.162 e. The lowest BCUT2D eigenvalue weighted by Crippen LogP contribution is -2.00. The Balaban J connectivity index is 4.19. The molecule has 0 aliphatic heterocycles.